The molecule has 4 heteroatoms. The molecule has 0 amide bonds. The SMILES string of the molecule is Cc1cc2nc(C3CCCNC3)oc2cc1Br. The van der Waals surface area contributed by atoms with Crippen molar-refractivity contribution in [2.24, 2.45) is 0 Å². The van der Waals surface area contributed by atoms with E-state index in [4.69, 9.17) is 4.42 Å². The van der Waals surface area contributed by atoms with E-state index in [1.54, 1.807) is 0 Å². The molecule has 17 heavy (non-hydrogen) atoms. The summed E-state index contributed by atoms with van der Waals surface area (Å²) in [5.41, 5.74) is 3.04. The molecule has 1 atom stereocenters. The summed E-state index contributed by atoms with van der Waals surface area (Å²) in [6.45, 7) is 4.16. The molecule has 0 aliphatic carbocycles. The molecule has 2 heterocycles. The van der Waals surface area contributed by atoms with Gasteiger partial charge in [-0.15, -0.1) is 0 Å². The van der Waals surface area contributed by atoms with Crippen LogP contribution < -0.4 is 5.32 Å². The Bertz CT molecular complexity index is 505. The van der Waals surface area contributed by atoms with Gasteiger partial charge in [-0.1, -0.05) is 15.9 Å². The molecular weight excluding hydrogens is 280 g/mol. The fourth-order valence-corrected chi connectivity index (χ4v) is 2.63. The molecule has 3 rings (SSSR count). The lowest BCUT2D eigenvalue weighted by molar-refractivity contribution is 0.387. The topological polar surface area (TPSA) is 38.1 Å². The number of fused-ring (bicyclic) bond motifs is 1. The minimum absolute atomic E-state index is 0.426. The molecular formula is C13H15BrN2O. The van der Waals surface area contributed by atoms with Crippen molar-refractivity contribution < 1.29 is 4.42 Å². The second-order valence-electron chi connectivity index (χ2n) is 4.66. The zero-order valence-corrected chi connectivity index (χ0v) is 11.4. The van der Waals surface area contributed by atoms with Gasteiger partial charge in [0.05, 0.1) is 0 Å². The third-order valence-corrected chi connectivity index (χ3v) is 4.19. The van der Waals surface area contributed by atoms with Crippen LogP contribution >= 0.6 is 15.9 Å². The Balaban J connectivity index is 2.00. The first-order valence-corrected chi connectivity index (χ1v) is 6.80. The standard InChI is InChI=1S/C13H15BrN2O/c1-8-5-11-12(6-10(8)14)17-13(16-11)9-3-2-4-15-7-9/h5-6,9,15H,2-4,7H2,1H3. The predicted molar refractivity (Wildman–Crippen MR) is 71.3 cm³/mol. The molecule has 1 aliphatic heterocycles. The summed E-state index contributed by atoms with van der Waals surface area (Å²) in [6, 6.07) is 4.08. The van der Waals surface area contributed by atoms with Crippen LogP contribution in [0, 0.1) is 6.92 Å². The summed E-state index contributed by atoms with van der Waals surface area (Å²) in [4.78, 5) is 4.61. The van der Waals surface area contributed by atoms with Crippen molar-refractivity contribution >= 4 is 27.0 Å². The van der Waals surface area contributed by atoms with Crippen LogP contribution in [0.3, 0.4) is 0 Å². The van der Waals surface area contributed by atoms with Gasteiger partial charge in [-0.2, -0.15) is 0 Å². The van der Waals surface area contributed by atoms with Gasteiger partial charge in [0.25, 0.3) is 0 Å². The van der Waals surface area contributed by atoms with Gasteiger partial charge in [-0.05, 0) is 44.0 Å². The Morgan fingerprint density at radius 1 is 1.47 bits per heavy atom. The predicted octanol–water partition coefficient (Wildman–Crippen LogP) is 3.37. The third-order valence-electron chi connectivity index (χ3n) is 3.33. The van der Waals surface area contributed by atoms with E-state index in [0.717, 1.165) is 34.6 Å². The molecule has 1 aromatic heterocycles. The van der Waals surface area contributed by atoms with Crippen LogP contribution in [0.4, 0.5) is 0 Å². The molecule has 2 aromatic rings. The quantitative estimate of drug-likeness (QED) is 0.876. The van der Waals surface area contributed by atoms with Crippen molar-refractivity contribution in [1.29, 1.82) is 0 Å². The van der Waals surface area contributed by atoms with Crippen LogP contribution in [-0.4, -0.2) is 18.1 Å². The number of aryl methyl sites for hydroxylation is 1. The normalized spacial score (nSPS) is 20.9. The average molecular weight is 295 g/mol. The fourth-order valence-electron chi connectivity index (χ4n) is 2.31. The van der Waals surface area contributed by atoms with Gasteiger partial charge >= 0.3 is 0 Å². The Morgan fingerprint density at radius 3 is 3.12 bits per heavy atom. The van der Waals surface area contributed by atoms with Crippen LogP contribution in [0.2, 0.25) is 0 Å². The molecule has 0 spiro atoms. The maximum Gasteiger partial charge on any atom is 0.199 e. The summed E-state index contributed by atoms with van der Waals surface area (Å²) in [7, 11) is 0. The lowest BCUT2D eigenvalue weighted by atomic mass is 10.00. The van der Waals surface area contributed by atoms with Gasteiger partial charge in [0.1, 0.15) is 5.52 Å². The smallest absolute Gasteiger partial charge is 0.199 e. The van der Waals surface area contributed by atoms with E-state index in [0.29, 0.717) is 5.92 Å². The van der Waals surface area contributed by atoms with Crippen LogP contribution in [0.5, 0.6) is 0 Å². The number of piperidine rings is 1. The van der Waals surface area contributed by atoms with Crippen LogP contribution in [-0.2, 0) is 0 Å². The minimum atomic E-state index is 0.426. The van der Waals surface area contributed by atoms with Gasteiger partial charge in [0.2, 0.25) is 0 Å². The lowest BCUT2D eigenvalue weighted by Gasteiger charge is -2.19. The van der Waals surface area contributed by atoms with Crippen LogP contribution in [0.15, 0.2) is 21.0 Å². The number of nitrogens with one attached hydrogen (secondary N) is 1. The zero-order chi connectivity index (χ0) is 11.8. The first-order valence-electron chi connectivity index (χ1n) is 6.01. The molecule has 1 saturated heterocycles. The monoisotopic (exact) mass is 294 g/mol. The molecule has 3 nitrogen and oxygen atoms in total. The first-order chi connectivity index (χ1) is 8.24. The van der Waals surface area contributed by atoms with Crippen molar-refractivity contribution in [3.05, 3.63) is 28.1 Å². The van der Waals surface area contributed by atoms with E-state index in [2.05, 4.69) is 39.2 Å². The van der Waals surface area contributed by atoms with Crippen molar-refractivity contribution in [2.75, 3.05) is 13.1 Å². The molecule has 1 fully saturated rings. The highest BCUT2D eigenvalue weighted by Crippen LogP contribution is 2.29. The van der Waals surface area contributed by atoms with Crippen molar-refractivity contribution in [2.45, 2.75) is 25.7 Å². The van der Waals surface area contributed by atoms with Gasteiger partial charge in [0.15, 0.2) is 11.5 Å². The highest BCUT2D eigenvalue weighted by atomic mass is 79.9. The second kappa shape index (κ2) is 4.42. The Labute approximate surface area is 109 Å². The Kier molecular flexibility index (Phi) is 2.92. The van der Waals surface area contributed by atoms with Gasteiger partial charge < -0.3 is 9.73 Å². The van der Waals surface area contributed by atoms with E-state index >= 15 is 0 Å². The van der Waals surface area contributed by atoms with Crippen LogP contribution in [0.25, 0.3) is 11.1 Å². The Morgan fingerprint density at radius 2 is 2.35 bits per heavy atom. The zero-order valence-electron chi connectivity index (χ0n) is 9.79. The van der Waals surface area contributed by atoms with E-state index in [1.807, 2.05) is 6.07 Å². The molecule has 1 aromatic carbocycles. The second-order valence-corrected chi connectivity index (χ2v) is 5.52. The van der Waals surface area contributed by atoms with Crippen molar-refractivity contribution in [3.8, 4) is 0 Å². The number of nitrogens with zero attached hydrogens (tertiary/aromatic N) is 1. The van der Waals surface area contributed by atoms with Crippen LogP contribution in [0.1, 0.15) is 30.2 Å². The van der Waals surface area contributed by atoms with E-state index < -0.39 is 0 Å². The molecule has 0 saturated carbocycles. The molecule has 0 bridgehead atoms. The van der Waals surface area contributed by atoms with Gasteiger partial charge in [0, 0.05) is 16.9 Å². The maximum absolute atomic E-state index is 5.86. The number of hydrogen-bond acceptors (Lipinski definition) is 3. The van der Waals surface area contributed by atoms with Crippen molar-refractivity contribution in [3.63, 3.8) is 0 Å². The number of hydrogen-bond donors (Lipinski definition) is 1. The molecule has 90 valence electrons. The summed E-state index contributed by atoms with van der Waals surface area (Å²) in [5.74, 6) is 1.31. The minimum Gasteiger partial charge on any atom is -0.440 e. The summed E-state index contributed by atoms with van der Waals surface area (Å²) in [6.07, 6.45) is 2.37. The number of halogens is 1. The molecule has 0 radical (unpaired) electrons. The van der Waals surface area contributed by atoms with E-state index in [9.17, 15) is 0 Å². The highest BCUT2D eigenvalue weighted by Gasteiger charge is 2.20. The third kappa shape index (κ3) is 2.11. The number of aromatic nitrogens is 1. The van der Waals surface area contributed by atoms with Crippen molar-refractivity contribution in [1.82, 2.24) is 10.3 Å². The number of oxazole rings is 1. The number of benzene rings is 1. The molecule has 1 unspecified atom stereocenters. The Hall–Kier alpha value is -0.870. The maximum atomic E-state index is 5.86. The molecule has 1 N–H and O–H groups in total. The number of rotatable bonds is 1. The summed E-state index contributed by atoms with van der Waals surface area (Å²) >= 11 is 3.52. The first kappa shape index (κ1) is 11.2. The fraction of sp³-hybridized carbons (Fsp3) is 0.462. The lowest BCUT2D eigenvalue weighted by Crippen LogP contribution is -2.28. The highest BCUT2D eigenvalue weighted by molar-refractivity contribution is 9.10. The summed E-state index contributed by atoms with van der Waals surface area (Å²) < 4.78 is 6.94. The van der Waals surface area contributed by atoms with Gasteiger partial charge in [-0.25, -0.2) is 4.98 Å². The summed E-state index contributed by atoms with van der Waals surface area (Å²) in [5, 5.41) is 3.39. The van der Waals surface area contributed by atoms with E-state index in [1.165, 1.54) is 18.4 Å². The average Bonchev–Trinajstić information content (AvgIpc) is 2.74. The largest absolute Gasteiger partial charge is 0.440 e. The molecule has 1 aliphatic rings. The van der Waals surface area contributed by atoms with Gasteiger partial charge in [-0.3, -0.25) is 0 Å². The van der Waals surface area contributed by atoms with E-state index in [-0.39, 0.29) is 0 Å².